The number of nitrogens with zero attached hydrogens (tertiary/aromatic N) is 4. The molecule has 0 bridgehead atoms. The first kappa shape index (κ1) is 30.7. The van der Waals surface area contributed by atoms with Crippen LogP contribution in [0.1, 0.15) is 11.8 Å². The van der Waals surface area contributed by atoms with Gasteiger partial charge in [0, 0.05) is 27.2 Å². The van der Waals surface area contributed by atoms with Gasteiger partial charge in [0.15, 0.2) is 28.8 Å². The van der Waals surface area contributed by atoms with Crippen molar-refractivity contribution in [2.75, 3.05) is 39.3 Å². The summed E-state index contributed by atoms with van der Waals surface area (Å²) in [7, 11) is 2.64. The fourth-order valence-electron chi connectivity index (χ4n) is 3.90. The van der Waals surface area contributed by atoms with E-state index in [9.17, 15) is 30.0 Å². The summed E-state index contributed by atoms with van der Waals surface area (Å²) in [5, 5.41) is 45.1. The first-order chi connectivity index (χ1) is 19.0. The number of benzene rings is 1. The monoisotopic (exact) mass is 577 g/mol. The van der Waals surface area contributed by atoms with Gasteiger partial charge in [0.05, 0.1) is 19.5 Å². The van der Waals surface area contributed by atoms with Crippen molar-refractivity contribution in [3.05, 3.63) is 47.5 Å². The van der Waals surface area contributed by atoms with E-state index in [4.69, 9.17) is 32.2 Å². The van der Waals surface area contributed by atoms with E-state index in [-0.39, 0.29) is 22.3 Å². The van der Waals surface area contributed by atoms with E-state index in [1.807, 2.05) is 5.92 Å². The number of hydrogen-bond donors (Lipinski definition) is 5. The number of imidazole rings is 1. The van der Waals surface area contributed by atoms with E-state index in [1.54, 1.807) is 18.2 Å². The van der Waals surface area contributed by atoms with Gasteiger partial charge < -0.3 is 40.0 Å². The highest BCUT2D eigenvalue weighted by Crippen LogP contribution is 2.31. The summed E-state index contributed by atoms with van der Waals surface area (Å²) >= 11 is 6.06. The van der Waals surface area contributed by atoms with Crippen LogP contribution in [0.25, 0.3) is 11.2 Å². The van der Waals surface area contributed by atoms with Crippen molar-refractivity contribution in [2.45, 2.75) is 30.0 Å². The number of carbonyl (C=O) groups is 2. The molecule has 0 radical (unpaired) electrons. The first-order valence-corrected chi connectivity index (χ1v) is 12.1. The van der Waals surface area contributed by atoms with Crippen molar-refractivity contribution in [1.29, 1.82) is 0 Å². The number of hydrogen-bond acceptors (Lipinski definition) is 11. The fourth-order valence-corrected chi connectivity index (χ4v) is 4.07. The van der Waals surface area contributed by atoms with Crippen LogP contribution in [0.15, 0.2) is 36.7 Å². The van der Waals surface area contributed by atoms with Crippen molar-refractivity contribution >= 4 is 40.5 Å². The Kier molecular flexibility index (Phi) is 9.98. The molecule has 5 N–H and O–H groups in total. The van der Waals surface area contributed by atoms with E-state index in [1.165, 1.54) is 19.2 Å². The standard InChI is InChI=1S/C25H28ClN5O9/c1-4-24(37,20(32)31-14-28-17-18(27-10-11-38-2)29-23(26)30-19(17)31)16(39-3)13-40-25(21(33)34,22(35)36)12-15-8-6-5-7-9-15/h1,5-9,14,16,20,32,37H,10-13H2,2-3H3,(H,33,34)(H,35,36)(H,27,29,30)/t16-,20-,24-/m1/s1. The molecule has 0 amide bonds. The molecule has 2 heterocycles. The topological polar surface area (TPSA) is 198 Å². The molecule has 14 nitrogen and oxygen atoms in total. The lowest BCUT2D eigenvalue weighted by Crippen LogP contribution is -2.56. The second-order valence-electron chi connectivity index (χ2n) is 8.56. The second-order valence-corrected chi connectivity index (χ2v) is 8.90. The van der Waals surface area contributed by atoms with Gasteiger partial charge in [-0.25, -0.2) is 14.6 Å². The number of fused-ring (bicyclic) bond motifs is 1. The number of aliphatic carboxylic acids is 2. The molecule has 0 unspecified atom stereocenters. The number of nitrogens with one attached hydrogen (secondary N) is 1. The molecule has 0 aliphatic heterocycles. The maximum atomic E-state index is 12.2. The number of aromatic nitrogens is 4. The molecule has 0 aliphatic rings. The Morgan fingerprint density at radius 2 is 1.88 bits per heavy atom. The van der Waals surface area contributed by atoms with E-state index in [2.05, 4.69) is 20.3 Å². The first-order valence-electron chi connectivity index (χ1n) is 11.7. The van der Waals surface area contributed by atoms with E-state index in [0.29, 0.717) is 18.7 Å². The van der Waals surface area contributed by atoms with Gasteiger partial charge in [-0.1, -0.05) is 36.3 Å². The molecule has 0 aliphatic carbocycles. The zero-order valence-corrected chi connectivity index (χ0v) is 22.3. The SMILES string of the molecule is C#C[C@@](O)([C@@H](COC(Cc1ccccc1)(C(=O)O)C(=O)O)OC)[C@@H](O)n1cnc2c(NCCOC)nc(Cl)nc21. The lowest BCUT2D eigenvalue weighted by molar-refractivity contribution is -0.202. The lowest BCUT2D eigenvalue weighted by Gasteiger charge is -2.36. The molecule has 3 aromatic rings. The van der Waals surface area contributed by atoms with Gasteiger partial charge in [-0.3, -0.25) is 4.57 Å². The predicted molar refractivity (Wildman–Crippen MR) is 141 cm³/mol. The van der Waals surface area contributed by atoms with Gasteiger partial charge in [-0.15, -0.1) is 6.42 Å². The summed E-state index contributed by atoms with van der Waals surface area (Å²) < 4.78 is 16.7. The van der Waals surface area contributed by atoms with Crippen LogP contribution in [-0.2, 0) is 30.2 Å². The smallest absolute Gasteiger partial charge is 0.348 e. The number of carboxylic acids is 2. The summed E-state index contributed by atoms with van der Waals surface area (Å²) in [4.78, 5) is 36.6. The molecule has 3 rings (SSSR count). The van der Waals surface area contributed by atoms with Crippen LogP contribution in [-0.4, -0.2) is 103 Å². The second kappa shape index (κ2) is 13.0. The Bertz CT molecular complexity index is 1370. The molecule has 0 fully saturated rings. The molecule has 0 spiro atoms. The molecule has 2 aromatic heterocycles. The van der Waals surface area contributed by atoms with Gasteiger partial charge in [0.25, 0.3) is 5.60 Å². The maximum absolute atomic E-state index is 12.2. The summed E-state index contributed by atoms with van der Waals surface area (Å²) in [6, 6.07) is 7.97. The van der Waals surface area contributed by atoms with Gasteiger partial charge in [-0.05, 0) is 17.2 Å². The third kappa shape index (κ3) is 6.15. The van der Waals surface area contributed by atoms with Crippen LogP contribution in [0.5, 0.6) is 0 Å². The van der Waals surface area contributed by atoms with Crippen molar-refractivity contribution in [1.82, 2.24) is 19.5 Å². The summed E-state index contributed by atoms with van der Waals surface area (Å²) in [6.45, 7) is -0.146. The number of methoxy groups -OCH3 is 2. The molecule has 15 heteroatoms. The van der Waals surface area contributed by atoms with Crippen molar-refractivity contribution in [3.63, 3.8) is 0 Å². The Hall–Kier alpha value is -3.84. The summed E-state index contributed by atoms with van der Waals surface area (Å²) in [5.74, 6) is -1.31. The quantitative estimate of drug-likeness (QED) is 0.0727. The zero-order valence-electron chi connectivity index (χ0n) is 21.5. The molecule has 214 valence electrons. The Morgan fingerprint density at radius 3 is 2.45 bits per heavy atom. The number of halogens is 1. The number of anilines is 1. The van der Waals surface area contributed by atoms with Crippen LogP contribution in [0, 0.1) is 12.3 Å². The Morgan fingerprint density at radius 1 is 1.20 bits per heavy atom. The number of aliphatic hydroxyl groups excluding tert-OH is 1. The number of rotatable bonds is 15. The van der Waals surface area contributed by atoms with Crippen LogP contribution < -0.4 is 5.32 Å². The number of aliphatic hydroxyl groups is 2. The fraction of sp³-hybridized carbons (Fsp3) is 0.400. The predicted octanol–water partition coefficient (Wildman–Crippen LogP) is 0.576. The van der Waals surface area contributed by atoms with Gasteiger partial charge in [-0.2, -0.15) is 9.97 Å². The highest BCUT2D eigenvalue weighted by molar-refractivity contribution is 6.28. The van der Waals surface area contributed by atoms with Crippen LogP contribution in [0.3, 0.4) is 0 Å². The minimum absolute atomic E-state index is 0.00800. The largest absolute Gasteiger partial charge is 0.479 e. The average molecular weight is 578 g/mol. The minimum Gasteiger partial charge on any atom is -0.479 e. The Labute approximate surface area is 233 Å². The van der Waals surface area contributed by atoms with Gasteiger partial charge in [0.2, 0.25) is 5.28 Å². The molecule has 0 saturated heterocycles. The average Bonchev–Trinajstić information content (AvgIpc) is 3.36. The molecule has 1 aromatic carbocycles. The molecule has 3 atom stereocenters. The van der Waals surface area contributed by atoms with Crippen LogP contribution in [0.2, 0.25) is 5.28 Å². The van der Waals surface area contributed by atoms with E-state index in [0.717, 1.165) is 18.0 Å². The van der Waals surface area contributed by atoms with E-state index < -0.39 is 48.5 Å². The van der Waals surface area contributed by atoms with Crippen molar-refractivity contribution < 1.29 is 44.2 Å². The Balaban J connectivity index is 1.94. The highest BCUT2D eigenvalue weighted by atomic mass is 35.5. The summed E-state index contributed by atoms with van der Waals surface area (Å²) in [5.41, 5.74) is -4.82. The minimum atomic E-state index is -2.76. The number of terminal acetylenes is 1. The maximum Gasteiger partial charge on any atom is 0.348 e. The van der Waals surface area contributed by atoms with Crippen molar-refractivity contribution in [2.24, 2.45) is 0 Å². The molecule has 0 saturated carbocycles. The zero-order chi connectivity index (χ0) is 29.5. The molecular formula is C25H28ClN5O9. The number of ether oxygens (including phenoxy) is 3. The van der Waals surface area contributed by atoms with Crippen LogP contribution in [0.4, 0.5) is 5.82 Å². The van der Waals surface area contributed by atoms with Crippen molar-refractivity contribution in [3.8, 4) is 12.3 Å². The summed E-state index contributed by atoms with van der Waals surface area (Å²) in [6.07, 6.45) is 2.57. The van der Waals surface area contributed by atoms with Gasteiger partial charge >= 0.3 is 11.9 Å². The molecule has 40 heavy (non-hydrogen) atoms. The number of carboxylic acid groups (broad SMARTS) is 2. The van der Waals surface area contributed by atoms with E-state index >= 15 is 0 Å². The normalized spacial score (nSPS) is 14.7. The molecular weight excluding hydrogens is 550 g/mol. The lowest BCUT2D eigenvalue weighted by atomic mass is 9.92. The van der Waals surface area contributed by atoms with Crippen LogP contribution >= 0.6 is 11.6 Å². The van der Waals surface area contributed by atoms with Gasteiger partial charge in [0.1, 0.15) is 6.10 Å². The highest BCUT2D eigenvalue weighted by Gasteiger charge is 2.51. The third-order valence-electron chi connectivity index (χ3n) is 6.12. The third-order valence-corrected chi connectivity index (χ3v) is 6.29.